The van der Waals surface area contributed by atoms with Gasteiger partial charge in [0, 0.05) is 11.8 Å². The van der Waals surface area contributed by atoms with E-state index in [1.165, 1.54) is 0 Å². The van der Waals surface area contributed by atoms with Crippen LogP contribution in [0.4, 0.5) is 5.69 Å². The molecule has 0 saturated carbocycles. The molecule has 30 heavy (non-hydrogen) atoms. The summed E-state index contributed by atoms with van der Waals surface area (Å²) < 4.78 is 17.1. The van der Waals surface area contributed by atoms with Crippen LogP contribution >= 0.6 is 0 Å². The molecule has 7 heteroatoms. The van der Waals surface area contributed by atoms with Gasteiger partial charge in [-0.25, -0.2) is 9.98 Å². The summed E-state index contributed by atoms with van der Waals surface area (Å²) >= 11 is 0. The molecule has 1 heterocycles. The van der Waals surface area contributed by atoms with Crippen LogP contribution in [0, 0.1) is 0 Å². The fourth-order valence-corrected chi connectivity index (χ4v) is 2.70. The van der Waals surface area contributed by atoms with Crippen molar-refractivity contribution in [2.24, 2.45) is 10.7 Å². The molecule has 3 rings (SSSR count). The highest BCUT2D eigenvalue weighted by Gasteiger charge is 2.10. The van der Waals surface area contributed by atoms with Crippen LogP contribution in [-0.2, 0) is 6.54 Å². The Labute approximate surface area is 176 Å². The number of nitrogens with zero attached hydrogens (tertiary/aromatic N) is 2. The number of pyridine rings is 1. The van der Waals surface area contributed by atoms with E-state index in [2.05, 4.69) is 22.2 Å². The molecule has 0 unspecified atom stereocenters. The second kappa shape index (κ2) is 10.7. The van der Waals surface area contributed by atoms with E-state index in [1.54, 1.807) is 13.3 Å². The van der Waals surface area contributed by atoms with E-state index in [9.17, 15) is 0 Å². The third-order valence-electron chi connectivity index (χ3n) is 4.16. The van der Waals surface area contributed by atoms with Gasteiger partial charge in [-0.15, -0.1) is 0 Å². The lowest BCUT2D eigenvalue weighted by Gasteiger charge is -2.13. The lowest BCUT2D eigenvalue weighted by atomic mass is 10.2. The molecule has 156 valence electrons. The SMILES string of the molecule is CCCOc1ccccc1Oc1ncccc1CN=C(N)Nc1ccccc1OC. The van der Waals surface area contributed by atoms with Crippen LogP contribution in [0.1, 0.15) is 18.9 Å². The zero-order chi connectivity index (χ0) is 21.2. The minimum Gasteiger partial charge on any atom is -0.495 e. The first-order valence-electron chi connectivity index (χ1n) is 9.74. The summed E-state index contributed by atoms with van der Waals surface area (Å²) in [7, 11) is 1.61. The van der Waals surface area contributed by atoms with E-state index >= 15 is 0 Å². The summed E-state index contributed by atoms with van der Waals surface area (Å²) in [6, 6.07) is 18.8. The van der Waals surface area contributed by atoms with Gasteiger partial charge in [0.1, 0.15) is 5.75 Å². The first kappa shape index (κ1) is 21.0. The number of para-hydroxylation sites is 4. The summed E-state index contributed by atoms with van der Waals surface area (Å²) in [6.45, 7) is 2.97. The van der Waals surface area contributed by atoms with Gasteiger partial charge in [0.25, 0.3) is 0 Å². The van der Waals surface area contributed by atoms with E-state index in [0.717, 1.165) is 17.7 Å². The minimum atomic E-state index is 0.265. The Kier molecular flexibility index (Phi) is 7.49. The van der Waals surface area contributed by atoms with Gasteiger partial charge in [-0.3, -0.25) is 0 Å². The van der Waals surface area contributed by atoms with Crippen molar-refractivity contribution in [1.82, 2.24) is 4.98 Å². The fourth-order valence-electron chi connectivity index (χ4n) is 2.70. The van der Waals surface area contributed by atoms with Crippen molar-refractivity contribution >= 4 is 11.6 Å². The number of nitrogens with two attached hydrogens (primary N) is 1. The number of methoxy groups -OCH3 is 1. The zero-order valence-corrected chi connectivity index (χ0v) is 17.2. The highest BCUT2D eigenvalue weighted by Crippen LogP contribution is 2.32. The number of hydrogen-bond acceptors (Lipinski definition) is 5. The smallest absolute Gasteiger partial charge is 0.224 e. The van der Waals surface area contributed by atoms with E-state index in [-0.39, 0.29) is 5.96 Å². The van der Waals surface area contributed by atoms with Crippen LogP contribution in [0.15, 0.2) is 71.9 Å². The van der Waals surface area contributed by atoms with Crippen molar-refractivity contribution in [2.45, 2.75) is 19.9 Å². The summed E-state index contributed by atoms with van der Waals surface area (Å²) in [5.41, 5.74) is 7.60. The van der Waals surface area contributed by atoms with Crippen LogP contribution < -0.4 is 25.3 Å². The third-order valence-corrected chi connectivity index (χ3v) is 4.16. The highest BCUT2D eigenvalue weighted by molar-refractivity contribution is 5.93. The maximum atomic E-state index is 6.06. The maximum absolute atomic E-state index is 6.06. The molecule has 0 radical (unpaired) electrons. The standard InChI is InChI=1S/C23H26N4O3/c1-3-15-29-20-12-6-7-13-21(20)30-22-17(9-8-14-25-22)16-26-23(24)27-18-10-4-5-11-19(18)28-2/h4-14H,3,15-16H2,1-2H3,(H3,24,26,27). The molecular weight excluding hydrogens is 380 g/mol. The predicted octanol–water partition coefficient (Wildman–Crippen LogP) is 4.60. The molecule has 0 amide bonds. The first-order chi connectivity index (χ1) is 14.7. The molecule has 3 aromatic rings. The van der Waals surface area contributed by atoms with E-state index < -0.39 is 0 Å². The van der Waals surface area contributed by atoms with Crippen LogP contribution in [0.3, 0.4) is 0 Å². The largest absolute Gasteiger partial charge is 0.495 e. The van der Waals surface area contributed by atoms with Gasteiger partial charge in [-0.1, -0.05) is 37.3 Å². The van der Waals surface area contributed by atoms with Gasteiger partial charge in [0.15, 0.2) is 17.5 Å². The Morgan fingerprint density at radius 1 is 1.00 bits per heavy atom. The van der Waals surface area contributed by atoms with Gasteiger partial charge in [0.2, 0.25) is 5.88 Å². The Morgan fingerprint density at radius 2 is 1.73 bits per heavy atom. The Bertz CT molecular complexity index is 991. The molecule has 2 aromatic carbocycles. The molecule has 7 nitrogen and oxygen atoms in total. The number of rotatable bonds is 9. The van der Waals surface area contributed by atoms with Crippen LogP contribution in [-0.4, -0.2) is 24.7 Å². The molecular formula is C23H26N4O3. The molecule has 0 atom stereocenters. The van der Waals surface area contributed by atoms with Gasteiger partial charge in [0.05, 0.1) is 25.9 Å². The number of aliphatic imine (C=N–C) groups is 1. The molecule has 0 aliphatic carbocycles. The lowest BCUT2D eigenvalue weighted by molar-refractivity contribution is 0.300. The van der Waals surface area contributed by atoms with Crippen molar-refractivity contribution in [3.63, 3.8) is 0 Å². The molecule has 0 aliphatic heterocycles. The molecule has 0 fully saturated rings. The highest BCUT2D eigenvalue weighted by atomic mass is 16.5. The predicted molar refractivity (Wildman–Crippen MR) is 118 cm³/mol. The number of nitrogens with one attached hydrogen (secondary N) is 1. The minimum absolute atomic E-state index is 0.265. The number of guanidine groups is 1. The summed E-state index contributed by atoms with van der Waals surface area (Å²) in [5, 5.41) is 3.05. The van der Waals surface area contributed by atoms with Crippen molar-refractivity contribution in [1.29, 1.82) is 0 Å². The van der Waals surface area contributed by atoms with Gasteiger partial charge in [-0.2, -0.15) is 0 Å². The molecule has 0 saturated heterocycles. The Hall–Kier alpha value is -3.74. The van der Waals surface area contributed by atoms with E-state index in [0.29, 0.717) is 36.3 Å². The number of anilines is 1. The fraction of sp³-hybridized carbons (Fsp3) is 0.217. The van der Waals surface area contributed by atoms with Gasteiger partial charge < -0.3 is 25.3 Å². The number of ether oxygens (including phenoxy) is 3. The second-order valence-electron chi connectivity index (χ2n) is 6.39. The average molecular weight is 406 g/mol. The second-order valence-corrected chi connectivity index (χ2v) is 6.39. The average Bonchev–Trinajstić information content (AvgIpc) is 2.78. The number of aromatic nitrogens is 1. The summed E-state index contributed by atoms with van der Waals surface area (Å²) in [4.78, 5) is 8.77. The van der Waals surface area contributed by atoms with Gasteiger partial charge >= 0.3 is 0 Å². The topological polar surface area (TPSA) is 91.0 Å². The zero-order valence-electron chi connectivity index (χ0n) is 17.2. The van der Waals surface area contributed by atoms with E-state index in [4.69, 9.17) is 19.9 Å². The molecule has 1 aromatic heterocycles. The number of hydrogen-bond donors (Lipinski definition) is 2. The third kappa shape index (κ3) is 5.64. The Morgan fingerprint density at radius 3 is 2.50 bits per heavy atom. The lowest BCUT2D eigenvalue weighted by Crippen LogP contribution is -2.23. The van der Waals surface area contributed by atoms with Crippen molar-refractivity contribution in [3.8, 4) is 23.1 Å². The number of benzene rings is 2. The van der Waals surface area contributed by atoms with Crippen LogP contribution in [0.5, 0.6) is 23.1 Å². The molecule has 0 bridgehead atoms. The van der Waals surface area contributed by atoms with Crippen molar-refractivity contribution in [3.05, 3.63) is 72.4 Å². The summed E-state index contributed by atoms with van der Waals surface area (Å²) in [6.07, 6.45) is 2.59. The quantitative estimate of drug-likeness (QED) is 0.399. The van der Waals surface area contributed by atoms with Crippen LogP contribution in [0.2, 0.25) is 0 Å². The Balaban J connectivity index is 1.74. The molecule has 0 spiro atoms. The molecule has 3 N–H and O–H groups in total. The monoisotopic (exact) mass is 406 g/mol. The van der Waals surface area contributed by atoms with Crippen LogP contribution in [0.25, 0.3) is 0 Å². The first-order valence-corrected chi connectivity index (χ1v) is 9.74. The molecule has 0 aliphatic rings. The maximum Gasteiger partial charge on any atom is 0.224 e. The normalized spacial score (nSPS) is 11.1. The van der Waals surface area contributed by atoms with E-state index in [1.807, 2.05) is 60.7 Å². The van der Waals surface area contributed by atoms with Crippen molar-refractivity contribution < 1.29 is 14.2 Å². The van der Waals surface area contributed by atoms with Crippen molar-refractivity contribution in [2.75, 3.05) is 19.0 Å². The van der Waals surface area contributed by atoms with Gasteiger partial charge in [-0.05, 0) is 36.8 Å². The summed E-state index contributed by atoms with van der Waals surface area (Å²) in [5.74, 6) is 2.69.